The van der Waals surface area contributed by atoms with E-state index in [0.717, 1.165) is 17.7 Å². The number of nitriles is 1. The van der Waals surface area contributed by atoms with Crippen molar-refractivity contribution in [1.29, 1.82) is 5.26 Å². The highest BCUT2D eigenvalue weighted by Crippen LogP contribution is 2.23. The van der Waals surface area contributed by atoms with E-state index in [4.69, 9.17) is 5.26 Å². The van der Waals surface area contributed by atoms with E-state index in [9.17, 15) is 10.1 Å². The van der Waals surface area contributed by atoms with Crippen LogP contribution >= 0.6 is 0 Å². The predicted octanol–water partition coefficient (Wildman–Crippen LogP) is 2.37. The molecule has 7 nitrogen and oxygen atoms in total. The molecule has 0 saturated carbocycles. The van der Waals surface area contributed by atoms with E-state index >= 15 is 0 Å². The molecule has 0 unspecified atom stereocenters. The third-order valence-corrected chi connectivity index (χ3v) is 3.12. The number of nitro groups is 1. The van der Waals surface area contributed by atoms with Crippen LogP contribution in [-0.4, -0.2) is 14.7 Å². The first-order chi connectivity index (χ1) is 10.0. The summed E-state index contributed by atoms with van der Waals surface area (Å²) in [4.78, 5) is 10.4. The molecule has 0 aliphatic rings. The van der Waals surface area contributed by atoms with Crippen molar-refractivity contribution < 1.29 is 4.92 Å². The molecule has 1 aromatic heterocycles. The minimum Gasteiger partial charge on any atom is -0.381 e. The van der Waals surface area contributed by atoms with Crippen LogP contribution in [0, 0.1) is 21.4 Å². The Morgan fingerprint density at radius 1 is 1.52 bits per heavy atom. The second-order valence-electron chi connectivity index (χ2n) is 4.58. The van der Waals surface area contributed by atoms with E-state index < -0.39 is 4.92 Å². The second-order valence-corrected chi connectivity index (χ2v) is 4.58. The van der Waals surface area contributed by atoms with Crippen molar-refractivity contribution in [2.24, 2.45) is 7.05 Å². The van der Waals surface area contributed by atoms with Crippen LogP contribution in [0.15, 0.2) is 24.4 Å². The van der Waals surface area contributed by atoms with Gasteiger partial charge in [0.05, 0.1) is 10.6 Å². The third kappa shape index (κ3) is 3.17. The lowest BCUT2D eigenvalue weighted by Crippen LogP contribution is -2.02. The number of hydrogen-bond acceptors (Lipinski definition) is 5. The number of benzene rings is 1. The molecule has 0 aliphatic heterocycles. The lowest BCUT2D eigenvalue weighted by atomic mass is 10.1. The van der Waals surface area contributed by atoms with E-state index in [1.54, 1.807) is 10.7 Å². The summed E-state index contributed by atoms with van der Waals surface area (Å²) in [5, 5.41) is 27.2. The molecule has 1 N–H and O–H groups in total. The standard InChI is InChI=1S/C14H15N5O2/c1-3-13-11(9-18(2)17-13)8-16-12-5-4-10(7-15)14(6-12)19(20)21/h4-6,9,16H,3,8H2,1-2H3. The maximum atomic E-state index is 10.9. The minimum absolute atomic E-state index is 0.0566. The first kappa shape index (κ1) is 14.5. The minimum atomic E-state index is -0.550. The second kappa shape index (κ2) is 6.05. The molecule has 0 saturated heterocycles. The van der Waals surface area contributed by atoms with Gasteiger partial charge >= 0.3 is 0 Å². The average molecular weight is 285 g/mol. The van der Waals surface area contributed by atoms with Crippen LogP contribution in [0.5, 0.6) is 0 Å². The zero-order chi connectivity index (χ0) is 15.4. The molecule has 2 rings (SSSR count). The van der Waals surface area contributed by atoms with Crippen molar-refractivity contribution in [3.05, 3.63) is 51.3 Å². The van der Waals surface area contributed by atoms with Crippen molar-refractivity contribution in [1.82, 2.24) is 9.78 Å². The molecular weight excluding hydrogens is 270 g/mol. The van der Waals surface area contributed by atoms with Gasteiger partial charge in [-0.1, -0.05) is 6.92 Å². The summed E-state index contributed by atoms with van der Waals surface area (Å²) in [5.41, 5.74) is 2.51. The maximum absolute atomic E-state index is 10.9. The van der Waals surface area contributed by atoms with Gasteiger partial charge in [-0.05, 0) is 18.6 Å². The molecule has 0 fully saturated rings. The van der Waals surface area contributed by atoms with Gasteiger partial charge < -0.3 is 5.32 Å². The van der Waals surface area contributed by atoms with Gasteiger partial charge in [-0.15, -0.1) is 0 Å². The first-order valence-corrected chi connectivity index (χ1v) is 6.49. The molecule has 2 aromatic rings. The van der Waals surface area contributed by atoms with Crippen LogP contribution in [-0.2, 0) is 20.0 Å². The van der Waals surface area contributed by atoms with Gasteiger partial charge in [0.15, 0.2) is 0 Å². The molecule has 0 aliphatic carbocycles. The highest BCUT2D eigenvalue weighted by atomic mass is 16.6. The van der Waals surface area contributed by atoms with Gasteiger partial charge in [0.2, 0.25) is 0 Å². The Kier molecular flexibility index (Phi) is 4.18. The number of anilines is 1. The largest absolute Gasteiger partial charge is 0.381 e. The highest BCUT2D eigenvalue weighted by Gasteiger charge is 2.14. The number of nitrogens with one attached hydrogen (secondary N) is 1. The highest BCUT2D eigenvalue weighted by molar-refractivity contribution is 5.59. The number of nitrogens with zero attached hydrogens (tertiary/aromatic N) is 4. The van der Waals surface area contributed by atoms with Crippen molar-refractivity contribution >= 4 is 11.4 Å². The normalized spacial score (nSPS) is 10.1. The van der Waals surface area contributed by atoms with E-state index in [2.05, 4.69) is 10.4 Å². The number of hydrogen-bond donors (Lipinski definition) is 1. The lowest BCUT2D eigenvalue weighted by molar-refractivity contribution is -0.385. The summed E-state index contributed by atoms with van der Waals surface area (Å²) < 4.78 is 1.75. The zero-order valence-electron chi connectivity index (χ0n) is 11.8. The molecular formula is C14H15N5O2. The van der Waals surface area contributed by atoms with Crippen LogP contribution < -0.4 is 5.32 Å². The van der Waals surface area contributed by atoms with Gasteiger partial charge in [-0.25, -0.2) is 0 Å². The van der Waals surface area contributed by atoms with Crippen LogP contribution in [0.25, 0.3) is 0 Å². The average Bonchev–Trinajstić information content (AvgIpc) is 2.84. The van der Waals surface area contributed by atoms with E-state index in [-0.39, 0.29) is 11.3 Å². The molecule has 1 aromatic carbocycles. The quantitative estimate of drug-likeness (QED) is 0.672. The summed E-state index contributed by atoms with van der Waals surface area (Å²) in [5.74, 6) is 0. The first-order valence-electron chi connectivity index (χ1n) is 6.49. The van der Waals surface area contributed by atoms with Gasteiger partial charge in [-0.2, -0.15) is 10.4 Å². The SMILES string of the molecule is CCc1nn(C)cc1CNc1ccc(C#N)c([N+](=O)[O-])c1. The Balaban J connectivity index is 2.19. The van der Waals surface area contributed by atoms with Gasteiger partial charge in [0.1, 0.15) is 11.6 Å². The summed E-state index contributed by atoms with van der Waals surface area (Å²) in [6, 6.07) is 6.30. The summed E-state index contributed by atoms with van der Waals surface area (Å²) in [6.45, 7) is 2.55. The van der Waals surface area contributed by atoms with E-state index in [1.165, 1.54) is 12.1 Å². The molecule has 1 heterocycles. The van der Waals surface area contributed by atoms with E-state index in [0.29, 0.717) is 12.2 Å². The van der Waals surface area contributed by atoms with Crippen molar-refractivity contribution in [2.45, 2.75) is 19.9 Å². The monoisotopic (exact) mass is 285 g/mol. The smallest absolute Gasteiger partial charge is 0.289 e. The maximum Gasteiger partial charge on any atom is 0.289 e. The van der Waals surface area contributed by atoms with Crippen LogP contribution in [0.3, 0.4) is 0 Å². The molecule has 7 heteroatoms. The molecule has 0 radical (unpaired) electrons. The fourth-order valence-electron chi connectivity index (χ4n) is 2.11. The predicted molar refractivity (Wildman–Crippen MR) is 77.7 cm³/mol. The molecule has 0 bridgehead atoms. The number of aromatic nitrogens is 2. The van der Waals surface area contributed by atoms with Gasteiger partial charge in [0.25, 0.3) is 5.69 Å². The van der Waals surface area contributed by atoms with Crippen LogP contribution in [0.1, 0.15) is 23.7 Å². The fourth-order valence-corrected chi connectivity index (χ4v) is 2.11. The number of rotatable bonds is 5. The van der Waals surface area contributed by atoms with Crippen LogP contribution in [0.4, 0.5) is 11.4 Å². The Bertz CT molecular complexity index is 715. The van der Waals surface area contributed by atoms with Gasteiger partial charge in [0, 0.05) is 37.1 Å². The van der Waals surface area contributed by atoms with Crippen molar-refractivity contribution in [3.8, 4) is 6.07 Å². The van der Waals surface area contributed by atoms with Crippen molar-refractivity contribution in [3.63, 3.8) is 0 Å². The summed E-state index contributed by atoms with van der Waals surface area (Å²) in [6.07, 6.45) is 2.75. The lowest BCUT2D eigenvalue weighted by Gasteiger charge is -2.06. The zero-order valence-corrected chi connectivity index (χ0v) is 11.8. The Hall–Kier alpha value is -2.88. The summed E-state index contributed by atoms with van der Waals surface area (Å²) in [7, 11) is 1.86. The third-order valence-electron chi connectivity index (χ3n) is 3.12. The van der Waals surface area contributed by atoms with Crippen LogP contribution in [0.2, 0.25) is 0 Å². The number of aryl methyl sites for hydroxylation is 2. The molecule has 0 spiro atoms. The molecule has 21 heavy (non-hydrogen) atoms. The number of nitro benzene ring substituents is 1. The van der Waals surface area contributed by atoms with Crippen molar-refractivity contribution in [2.75, 3.05) is 5.32 Å². The van der Waals surface area contributed by atoms with E-state index in [1.807, 2.05) is 26.2 Å². The topological polar surface area (TPSA) is 96.8 Å². The molecule has 0 amide bonds. The Morgan fingerprint density at radius 3 is 2.90 bits per heavy atom. The molecule has 108 valence electrons. The van der Waals surface area contributed by atoms with Gasteiger partial charge in [-0.3, -0.25) is 14.8 Å². The fraction of sp³-hybridized carbons (Fsp3) is 0.286. The molecule has 0 atom stereocenters. The Labute approximate surface area is 122 Å². The summed E-state index contributed by atoms with van der Waals surface area (Å²) >= 11 is 0. The Morgan fingerprint density at radius 2 is 2.29 bits per heavy atom.